The van der Waals surface area contributed by atoms with E-state index in [9.17, 15) is 13.2 Å². The zero-order valence-corrected chi connectivity index (χ0v) is 17.1. The van der Waals surface area contributed by atoms with Crippen LogP contribution in [0.1, 0.15) is 39.8 Å². The predicted molar refractivity (Wildman–Crippen MR) is 104 cm³/mol. The van der Waals surface area contributed by atoms with Crippen LogP contribution in [0.5, 0.6) is 0 Å². The number of hydrogen-bond acceptors (Lipinski definition) is 5. The summed E-state index contributed by atoms with van der Waals surface area (Å²) in [6.45, 7) is 8.81. The molecule has 26 heavy (non-hydrogen) atoms. The minimum absolute atomic E-state index is 0.0637. The van der Waals surface area contributed by atoms with Crippen LogP contribution in [0.15, 0.2) is 23.1 Å². The van der Waals surface area contributed by atoms with E-state index >= 15 is 0 Å². The van der Waals surface area contributed by atoms with E-state index in [2.05, 4.69) is 4.98 Å². The van der Waals surface area contributed by atoms with Gasteiger partial charge in [-0.1, -0.05) is 13.8 Å². The van der Waals surface area contributed by atoms with Crippen LogP contribution in [0.3, 0.4) is 0 Å². The average molecular weight is 394 g/mol. The van der Waals surface area contributed by atoms with E-state index in [-0.39, 0.29) is 5.91 Å². The Morgan fingerprint density at radius 2 is 1.96 bits per heavy atom. The van der Waals surface area contributed by atoms with Gasteiger partial charge >= 0.3 is 0 Å². The highest BCUT2D eigenvalue weighted by Gasteiger charge is 2.30. The van der Waals surface area contributed by atoms with Crippen LogP contribution >= 0.6 is 11.3 Å². The van der Waals surface area contributed by atoms with Gasteiger partial charge < -0.3 is 4.90 Å². The van der Waals surface area contributed by atoms with Gasteiger partial charge in [-0.05, 0) is 44.0 Å². The monoisotopic (exact) mass is 393 g/mol. The molecular weight excluding hydrogens is 370 g/mol. The smallest absolute Gasteiger partial charge is 0.270 e. The Morgan fingerprint density at radius 3 is 2.54 bits per heavy atom. The number of aryl methyl sites for hydroxylation is 2. The lowest BCUT2D eigenvalue weighted by molar-refractivity contribution is 0.0992. The third-order valence-electron chi connectivity index (χ3n) is 4.63. The molecule has 0 saturated heterocycles. The summed E-state index contributed by atoms with van der Waals surface area (Å²) in [5.41, 5.74) is 2.43. The lowest BCUT2D eigenvalue weighted by Crippen LogP contribution is -2.30. The summed E-state index contributed by atoms with van der Waals surface area (Å²) in [5.74, 6) is -0.0637. The number of nitrogens with zero attached hydrogens (tertiary/aromatic N) is 3. The Hall–Kier alpha value is -1.77. The molecule has 8 heteroatoms. The van der Waals surface area contributed by atoms with E-state index in [0.717, 1.165) is 22.0 Å². The van der Waals surface area contributed by atoms with Gasteiger partial charge in [0.05, 0.1) is 15.6 Å². The molecule has 0 unspecified atom stereocenters. The number of rotatable bonds is 5. The second-order valence-corrected chi connectivity index (χ2v) is 9.38. The second kappa shape index (κ2) is 7.09. The number of aromatic nitrogens is 1. The fourth-order valence-electron chi connectivity index (χ4n) is 3.31. The minimum Gasteiger partial charge on any atom is -0.307 e. The van der Waals surface area contributed by atoms with Gasteiger partial charge in [-0.3, -0.25) is 4.79 Å². The first-order valence-corrected chi connectivity index (χ1v) is 10.9. The van der Waals surface area contributed by atoms with Gasteiger partial charge in [0.15, 0.2) is 0 Å². The summed E-state index contributed by atoms with van der Waals surface area (Å²) >= 11 is 1.40. The molecule has 2 heterocycles. The van der Waals surface area contributed by atoms with Crippen molar-refractivity contribution in [3.05, 3.63) is 39.3 Å². The molecule has 2 aromatic rings. The molecule has 0 atom stereocenters. The highest BCUT2D eigenvalue weighted by atomic mass is 32.2. The average Bonchev–Trinajstić information content (AvgIpc) is 3.17. The SMILES string of the molecule is CCN(CC)S(=O)(=O)c1ccc2c(c1)CCN2C(=O)c1sc(C)nc1C. The number of hydrogen-bond donors (Lipinski definition) is 0. The van der Waals surface area contributed by atoms with Gasteiger partial charge in [0.25, 0.3) is 5.91 Å². The largest absolute Gasteiger partial charge is 0.307 e. The number of benzene rings is 1. The maximum Gasteiger partial charge on any atom is 0.270 e. The normalized spacial score (nSPS) is 14.1. The van der Waals surface area contributed by atoms with E-state index in [4.69, 9.17) is 0 Å². The molecule has 0 bridgehead atoms. The van der Waals surface area contributed by atoms with E-state index in [1.807, 2.05) is 27.7 Å². The van der Waals surface area contributed by atoms with E-state index in [1.165, 1.54) is 15.6 Å². The van der Waals surface area contributed by atoms with E-state index in [0.29, 0.717) is 35.8 Å². The summed E-state index contributed by atoms with van der Waals surface area (Å²) in [4.78, 5) is 19.9. The van der Waals surface area contributed by atoms with Crippen LogP contribution in [0.2, 0.25) is 0 Å². The number of anilines is 1. The molecule has 1 amide bonds. The molecular formula is C18H23N3O3S2. The Bertz CT molecular complexity index is 947. The molecule has 0 spiro atoms. The van der Waals surface area contributed by atoms with Gasteiger partial charge in [-0.15, -0.1) is 11.3 Å². The van der Waals surface area contributed by atoms with Crippen molar-refractivity contribution in [2.75, 3.05) is 24.5 Å². The Balaban J connectivity index is 1.94. The van der Waals surface area contributed by atoms with Crippen molar-refractivity contribution in [1.82, 2.24) is 9.29 Å². The van der Waals surface area contributed by atoms with Crippen LogP contribution in [0, 0.1) is 13.8 Å². The summed E-state index contributed by atoms with van der Waals surface area (Å²) in [5, 5.41) is 0.867. The highest BCUT2D eigenvalue weighted by Crippen LogP contribution is 2.33. The third kappa shape index (κ3) is 3.17. The van der Waals surface area contributed by atoms with Gasteiger partial charge in [0, 0.05) is 25.3 Å². The lowest BCUT2D eigenvalue weighted by Gasteiger charge is -2.20. The molecule has 0 radical (unpaired) electrons. The molecule has 0 saturated carbocycles. The number of carbonyl (C=O) groups is 1. The Labute approximate surface area is 158 Å². The summed E-state index contributed by atoms with van der Waals surface area (Å²) < 4.78 is 26.9. The fraction of sp³-hybridized carbons (Fsp3) is 0.444. The zero-order chi connectivity index (χ0) is 19.1. The van der Waals surface area contributed by atoms with Gasteiger partial charge in [0.2, 0.25) is 10.0 Å². The first-order chi connectivity index (χ1) is 12.3. The van der Waals surface area contributed by atoms with Crippen molar-refractivity contribution in [2.45, 2.75) is 39.0 Å². The maximum atomic E-state index is 12.9. The molecule has 1 aromatic heterocycles. The standard InChI is InChI=1S/C18H23N3O3S2/c1-5-20(6-2)26(23,24)15-7-8-16-14(11-15)9-10-21(16)18(22)17-12(3)19-13(4)25-17/h7-8,11H,5-6,9-10H2,1-4H3. The van der Waals surface area contributed by atoms with Gasteiger partial charge in [-0.25, -0.2) is 13.4 Å². The van der Waals surface area contributed by atoms with Crippen LogP contribution in [0.4, 0.5) is 5.69 Å². The molecule has 1 aliphatic rings. The summed E-state index contributed by atoms with van der Waals surface area (Å²) in [7, 11) is -3.49. The first kappa shape index (κ1) is 19.0. The molecule has 6 nitrogen and oxygen atoms in total. The van der Waals surface area contributed by atoms with Crippen LogP contribution in [-0.2, 0) is 16.4 Å². The van der Waals surface area contributed by atoms with E-state index < -0.39 is 10.0 Å². The van der Waals surface area contributed by atoms with Crippen LogP contribution < -0.4 is 4.90 Å². The van der Waals surface area contributed by atoms with Crippen molar-refractivity contribution >= 4 is 33.0 Å². The van der Waals surface area contributed by atoms with Crippen molar-refractivity contribution in [2.24, 2.45) is 0 Å². The topological polar surface area (TPSA) is 70.6 Å². The summed E-state index contributed by atoms with van der Waals surface area (Å²) in [6, 6.07) is 5.06. The first-order valence-electron chi connectivity index (χ1n) is 8.68. The predicted octanol–water partition coefficient (Wildman–Crippen LogP) is 2.99. The molecule has 140 valence electrons. The quantitative estimate of drug-likeness (QED) is 0.783. The highest BCUT2D eigenvalue weighted by molar-refractivity contribution is 7.89. The number of amides is 1. The van der Waals surface area contributed by atoms with Gasteiger partial charge in [-0.2, -0.15) is 4.31 Å². The van der Waals surface area contributed by atoms with Crippen molar-refractivity contribution in [1.29, 1.82) is 0 Å². The minimum atomic E-state index is -3.49. The van der Waals surface area contributed by atoms with Crippen LogP contribution in [-0.4, -0.2) is 43.2 Å². The molecule has 1 aliphatic heterocycles. The Morgan fingerprint density at radius 1 is 1.27 bits per heavy atom. The maximum absolute atomic E-state index is 12.9. The van der Waals surface area contributed by atoms with Crippen molar-refractivity contribution in [3.63, 3.8) is 0 Å². The molecule has 0 aliphatic carbocycles. The lowest BCUT2D eigenvalue weighted by atomic mass is 10.2. The van der Waals surface area contributed by atoms with Crippen LogP contribution in [0.25, 0.3) is 0 Å². The van der Waals surface area contributed by atoms with Gasteiger partial charge in [0.1, 0.15) is 4.88 Å². The number of sulfonamides is 1. The Kier molecular flexibility index (Phi) is 5.18. The van der Waals surface area contributed by atoms with Crippen molar-refractivity contribution < 1.29 is 13.2 Å². The zero-order valence-electron chi connectivity index (χ0n) is 15.4. The second-order valence-electron chi connectivity index (χ2n) is 6.23. The number of carbonyl (C=O) groups excluding carboxylic acids is 1. The molecule has 0 N–H and O–H groups in total. The fourth-order valence-corrected chi connectivity index (χ4v) is 5.69. The third-order valence-corrected chi connectivity index (χ3v) is 7.74. The molecule has 3 rings (SSSR count). The van der Waals surface area contributed by atoms with Crippen molar-refractivity contribution in [3.8, 4) is 0 Å². The summed E-state index contributed by atoms with van der Waals surface area (Å²) in [6.07, 6.45) is 0.652. The number of fused-ring (bicyclic) bond motifs is 1. The van der Waals surface area contributed by atoms with E-state index in [1.54, 1.807) is 23.1 Å². The molecule has 0 fully saturated rings. The number of thiazole rings is 1. The molecule has 1 aromatic carbocycles.